The van der Waals surface area contributed by atoms with E-state index in [1.807, 2.05) is 6.07 Å². The molecule has 0 aromatic heterocycles. The third kappa shape index (κ3) is 1.11. The van der Waals surface area contributed by atoms with Crippen LogP contribution in [-0.2, 0) is 0 Å². The second-order valence-corrected chi connectivity index (χ2v) is 5.25. The Bertz CT molecular complexity index is 674. The van der Waals surface area contributed by atoms with Gasteiger partial charge >= 0.3 is 0 Å². The van der Waals surface area contributed by atoms with E-state index in [4.69, 9.17) is 0 Å². The maximum atomic E-state index is 11.8. The largest absolute Gasteiger partial charge is 0.285 e. The first-order chi connectivity index (χ1) is 7.61. The second kappa shape index (κ2) is 3.25. The van der Waals surface area contributed by atoms with Gasteiger partial charge in [-0.25, -0.2) is 0 Å². The third-order valence-electron chi connectivity index (χ3n) is 2.75. The Labute approximate surface area is 108 Å². The highest BCUT2D eigenvalue weighted by Crippen LogP contribution is 2.39. The summed E-state index contributed by atoms with van der Waals surface area (Å²) in [7, 11) is 0. The van der Waals surface area contributed by atoms with Crippen LogP contribution in [0.2, 0.25) is 0 Å². The highest BCUT2D eigenvalue weighted by Gasteiger charge is 2.31. The van der Waals surface area contributed by atoms with Gasteiger partial charge < -0.3 is 0 Å². The van der Waals surface area contributed by atoms with Crippen LogP contribution in [0.4, 0.5) is 0 Å². The van der Waals surface area contributed by atoms with Crippen molar-refractivity contribution in [3.63, 3.8) is 0 Å². The van der Waals surface area contributed by atoms with Crippen LogP contribution in [0.25, 0.3) is 10.8 Å². The minimum absolute atomic E-state index is 0.411. The lowest BCUT2D eigenvalue weighted by Gasteiger charge is -2.04. The number of carbonyl (C=O) groups excluding carboxylic acids is 2. The number of halogens is 2. The summed E-state index contributed by atoms with van der Waals surface area (Å²) >= 11 is 6.82. The maximum Gasteiger partial charge on any atom is 0.234 e. The van der Waals surface area contributed by atoms with Crippen molar-refractivity contribution in [1.82, 2.24) is 0 Å². The standard InChI is InChI=1S/C12H4Br2O2/c13-8-4-7-9-5(10(8)14)2-1-3-6(9)11(15)12(7)16/h1-4H. The Hall–Kier alpha value is -1.00. The van der Waals surface area contributed by atoms with Crippen molar-refractivity contribution in [2.75, 3.05) is 0 Å². The molecule has 0 radical (unpaired) electrons. The SMILES string of the molecule is O=C1C(=O)c2cc(Br)c(Br)c3cccc1c23. The van der Waals surface area contributed by atoms with Gasteiger partial charge in [-0.3, -0.25) is 9.59 Å². The predicted octanol–water partition coefficient (Wildman–Crippen LogP) is 3.74. The van der Waals surface area contributed by atoms with Crippen molar-refractivity contribution in [1.29, 1.82) is 0 Å². The van der Waals surface area contributed by atoms with Gasteiger partial charge in [0.15, 0.2) is 0 Å². The zero-order chi connectivity index (χ0) is 11.4. The van der Waals surface area contributed by atoms with Crippen molar-refractivity contribution in [2.45, 2.75) is 0 Å². The van der Waals surface area contributed by atoms with Gasteiger partial charge in [-0.15, -0.1) is 0 Å². The average Bonchev–Trinajstić information content (AvgIpc) is 2.53. The number of ketones is 2. The Balaban J connectivity index is 2.63. The molecule has 0 saturated carbocycles. The molecular formula is C12H4Br2O2. The van der Waals surface area contributed by atoms with Gasteiger partial charge in [-0.2, -0.15) is 0 Å². The third-order valence-corrected chi connectivity index (χ3v) is 4.76. The minimum Gasteiger partial charge on any atom is -0.285 e. The van der Waals surface area contributed by atoms with E-state index in [2.05, 4.69) is 31.9 Å². The fraction of sp³-hybridized carbons (Fsp3) is 0. The monoisotopic (exact) mass is 338 g/mol. The summed E-state index contributed by atoms with van der Waals surface area (Å²) < 4.78 is 1.66. The van der Waals surface area contributed by atoms with Gasteiger partial charge in [0, 0.05) is 25.5 Å². The molecule has 3 rings (SSSR count). The first-order valence-corrected chi connectivity index (χ1v) is 6.19. The Kier molecular flexibility index (Phi) is 2.06. The van der Waals surface area contributed by atoms with Crippen LogP contribution in [0.15, 0.2) is 33.2 Å². The summed E-state index contributed by atoms with van der Waals surface area (Å²) in [6.45, 7) is 0. The minimum atomic E-state index is -0.417. The molecule has 2 aromatic carbocycles. The first kappa shape index (κ1) is 10.2. The van der Waals surface area contributed by atoms with Crippen LogP contribution >= 0.6 is 31.9 Å². The summed E-state index contributed by atoms with van der Waals surface area (Å²) in [5, 5.41) is 1.65. The van der Waals surface area contributed by atoms with Gasteiger partial charge in [0.1, 0.15) is 0 Å². The number of rotatable bonds is 0. The van der Waals surface area contributed by atoms with Gasteiger partial charge in [-0.1, -0.05) is 18.2 Å². The fourth-order valence-corrected chi connectivity index (χ4v) is 2.92. The van der Waals surface area contributed by atoms with Crippen LogP contribution in [-0.4, -0.2) is 11.6 Å². The van der Waals surface area contributed by atoms with Gasteiger partial charge in [0.25, 0.3) is 0 Å². The van der Waals surface area contributed by atoms with Gasteiger partial charge in [-0.05, 0) is 43.3 Å². The highest BCUT2D eigenvalue weighted by atomic mass is 79.9. The maximum absolute atomic E-state index is 11.8. The molecule has 78 valence electrons. The molecule has 1 aliphatic rings. The molecule has 0 saturated heterocycles. The van der Waals surface area contributed by atoms with Crippen molar-refractivity contribution in [3.8, 4) is 0 Å². The highest BCUT2D eigenvalue weighted by molar-refractivity contribution is 9.13. The van der Waals surface area contributed by atoms with E-state index in [1.54, 1.807) is 18.2 Å². The molecule has 2 nitrogen and oxygen atoms in total. The molecule has 0 unspecified atom stereocenters. The molecule has 0 fully saturated rings. The van der Waals surface area contributed by atoms with E-state index in [-0.39, 0.29) is 0 Å². The molecule has 0 bridgehead atoms. The molecule has 1 aliphatic carbocycles. The lowest BCUT2D eigenvalue weighted by Crippen LogP contribution is -2.06. The molecule has 0 aliphatic heterocycles. The molecule has 4 heteroatoms. The topological polar surface area (TPSA) is 34.1 Å². The zero-order valence-corrected chi connectivity index (χ0v) is 11.1. The summed E-state index contributed by atoms with van der Waals surface area (Å²) in [5.74, 6) is -0.829. The number of benzene rings is 2. The van der Waals surface area contributed by atoms with Gasteiger partial charge in [0.05, 0.1) is 0 Å². The van der Waals surface area contributed by atoms with E-state index in [0.29, 0.717) is 11.1 Å². The predicted molar refractivity (Wildman–Crippen MR) is 68.0 cm³/mol. The molecule has 0 heterocycles. The van der Waals surface area contributed by atoms with E-state index < -0.39 is 11.6 Å². The normalized spacial score (nSPS) is 13.9. The number of hydrogen-bond acceptors (Lipinski definition) is 2. The van der Waals surface area contributed by atoms with E-state index >= 15 is 0 Å². The molecule has 16 heavy (non-hydrogen) atoms. The number of Topliss-reactive ketones (excluding diaryl/α,β-unsaturated/α-hetero) is 2. The number of carbonyl (C=O) groups is 2. The quantitative estimate of drug-likeness (QED) is 0.685. The Morgan fingerprint density at radius 3 is 2.38 bits per heavy atom. The van der Waals surface area contributed by atoms with E-state index in [9.17, 15) is 9.59 Å². The van der Waals surface area contributed by atoms with Crippen LogP contribution in [0, 0.1) is 0 Å². The fourth-order valence-electron chi connectivity index (χ4n) is 2.03. The average molecular weight is 340 g/mol. The van der Waals surface area contributed by atoms with E-state index in [1.165, 1.54) is 0 Å². The molecule has 2 aromatic rings. The second-order valence-electron chi connectivity index (χ2n) is 3.61. The summed E-state index contributed by atoms with van der Waals surface area (Å²) in [5.41, 5.74) is 0.997. The Morgan fingerprint density at radius 2 is 1.62 bits per heavy atom. The molecule has 0 atom stereocenters. The summed E-state index contributed by atoms with van der Waals surface area (Å²) in [6, 6.07) is 7.07. The van der Waals surface area contributed by atoms with Crippen LogP contribution in [0.1, 0.15) is 20.7 Å². The van der Waals surface area contributed by atoms with Crippen molar-refractivity contribution in [2.24, 2.45) is 0 Å². The van der Waals surface area contributed by atoms with Crippen LogP contribution < -0.4 is 0 Å². The lowest BCUT2D eigenvalue weighted by molar-refractivity contribution is 0.0825. The van der Waals surface area contributed by atoms with E-state index in [0.717, 1.165) is 19.7 Å². The molecular weight excluding hydrogens is 336 g/mol. The van der Waals surface area contributed by atoms with Crippen molar-refractivity contribution < 1.29 is 9.59 Å². The Morgan fingerprint density at radius 1 is 0.938 bits per heavy atom. The molecule has 0 spiro atoms. The summed E-state index contributed by atoms with van der Waals surface area (Å²) in [6.07, 6.45) is 0. The van der Waals surface area contributed by atoms with Crippen molar-refractivity contribution >= 4 is 54.2 Å². The van der Waals surface area contributed by atoms with Crippen molar-refractivity contribution in [3.05, 3.63) is 44.3 Å². The lowest BCUT2D eigenvalue weighted by atomic mass is 10.1. The molecule has 0 amide bonds. The first-order valence-electron chi connectivity index (χ1n) is 4.61. The molecule has 0 N–H and O–H groups in total. The smallest absolute Gasteiger partial charge is 0.234 e. The van der Waals surface area contributed by atoms with Crippen LogP contribution in [0.5, 0.6) is 0 Å². The summed E-state index contributed by atoms with van der Waals surface area (Å²) in [4.78, 5) is 23.5. The zero-order valence-electron chi connectivity index (χ0n) is 7.88. The van der Waals surface area contributed by atoms with Gasteiger partial charge in [0.2, 0.25) is 11.6 Å². The van der Waals surface area contributed by atoms with Crippen LogP contribution in [0.3, 0.4) is 0 Å². The number of hydrogen-bond donors (Lipinski definition) is 0.